The lowest BCUT2D eigenvalue weighted by atomic mass is 9.79. The Morgan fingerprint density at radius 2 is 2.17 bits per heavy atom. The van der Waals surface area contributed by atoms with Gasteiger partial charge in [0.1, 0.15) is 23.5 Å². The molecular formula is C22H23F2N5O. The molecule has 0 spiro atoms. The maximum Gasteiger partial charge on any atom is 0.236 e. The fraction of sp³-hybridized carbons (Fsp3) is 0.409. The first-order chi connectivity index (χ1) is 14.4. The smallest absolute Gasteiger partial charge is 0.236 e. The second-order valence-electron chi connectivity index (χ2n) is 8.25. The number of fused-ring (bicyclic) bond motifs is 2. The quantitative estimate of drug-likeness (QED) is 0.689. The molecule has 1 aromatic carbocycles. The van der Waals surface area contributed by atoms with Crippen LogP contribution in [0, 0.1) is 5.82 Å². The van der Waals surface area contributed by atoms with E-state index in [-0.39, 0.29) is 18.3 Å². The number of pyridine rings is 1. The van der Waals surface area contributed by atoms with Gasteiger partial charge in [-0.05, 0) is 50.6 Å². The average molecular weight is 411 g/mol. The highest BCUT2D eigenvalue weighted by atomic mass is 19.1. The van der Waals surface area contributed by atoms with Crippen LogP contribution in [0.15, 0.2) is 30.5 Å². The number of alkyl halides is 1. The summed E-state index contributed by atoms with van der Waals surface area (Å²) < 4.78 is 30.6. The summed E-state index contributed by atoms with van der Waals surface area (Å²) in [5, 5.41) is 11.3. The van der Waals surface area contributed by atoms with Crippen LogP contribution < -0.4 is 10.6 Å². The molecule has 5 rings (SSSR count). The second-order valence-corrected chi connectivity index (χ2v) is 8.25. The molecule has 1 fully saturated rings. The Morgan fingerprint density at radius 1 is 1.33 bits per heavy atom. The van der Waals surface area contributed by atoms with Gasteiger partial charge in [0, 0.05) is 29.3 Å². The van der Waals surface area contributed by atoms with E-state index in [0.29, 0.717) is 41.8 Å². The zero-order valence-electron chi connectivity index (χ0n) is 16.9. The molecule has 2 aromatic heterocycles. The molecule has 0 bridgehead atoms. The maximum absolute atomic E-state index is 14.7. The monoisotopic (exact) mass is 411 g/mol. The van der Waals surface area contributed by atoms with Crippen LogP contribution in [0.4, 0.5) is 14.6 Å². The highest BCUT2D eigenvalue weighted by Gasteiger charge is 2.44. The van der Waals surface area contributed by atoms with Gasteiger partial charge < -0.3 is 10.6 Å². The fourth-order valence-electron chi connectivity index (χ4n) is 4.66. The van der Waals surface area contributed by atoms with E-state index in [0.717, 1.165) is 11.1 Å². The largest absolute Gasteiger partial charge is 0.314 e. The number of carbonyl (C=O) groups is 1. The Balaban J connectivity index is 1.77. The van der Waals surface area contributed by atoms with Gasteiger partial charge in [-0.1, -0.05) is 6.92 Å². The van der Waals surface area contributed by atoms with Gasteiger partial charge in [0.15, 0.2) is 0 Å². The molecular weight excluding hydrogens is 388 g/mol. The third-order valence-corrected chi connectivity index (χ3v) is 6.55. The van der Waals surface area contributed by atoms with E-state index < -0.39 is 17.6 Å². The highest BCUT2D eigenvalue weighted by molar-refractivity contribution is 6.08. The molecule has 0 aliphatic carbocycles. The van der Waals surface area contributed by atoms with E-state index in [1.54, 1.807) is 23.0 Å². The van der Waals surface area contributed by atoms with E-state index in [2.05, 4.69) is 15.6 Å². The molecule has 0 unspecified atom stereocenters. The predicted octanol–water partition coefficient (Wildman–Crippen LogP) is 3.73. The summed E-state index contributed by atoms with van der Waals surface area (Å²) in [6.45, 7) is 4.79. The number of amides is 1. The molecule has 6 nitrogen and oxygen atoms in total. The molecule has 3 aromatic rings. The minimum atomic E-state index is -1.09. The van der Waals surface area contributed by atoms with Gasteiger partial charge in [0.2, 0.25) is 5.91 Å². The van der Waals surface area contributed by atoms with E-state index in [9.17, 15) is 13.6 Å². The standard InChI is InChI=1S/C22H23F2N5O/c1-3-22(2)18-13(6-9-26-20(18)27-21(22)30)19-14-10-12(23)4-5-16(14)29(28-19)17-7-8-25-11-15(17)24/h4-6,9-10,15,17,25H,3,7-8,11H2,1-2H3,(H,26,27,30)/t15-,17+,22+/m0/s1. The van der Waals surface area contributed by atoms with Crippen molar-refractivity contribution in [2.75, 3.05) is 18.4 Å². The molecule has 30 heavy (non-hydrogen) atoms. The summed E-state index contributed by atoms with van der Waals surface area (Å²) in [4.78, 5) is 17.0. The van der Waals surface area contributed by atoms with Crippen LogP contribution in [0.25, 0.3) is 22.2 Å². The molecule has 156 valence electrons. The molecule has 0 saturated carbocycles. The van der Waals surface area contributed by atoms with Crippen LogP contribution in [0.3, 0.4) is 0 Å². The zero-order valence-corrected chi connectivity index (χ0v) is 16.9. The number of hydrogen-bond donors (Lipinski definition) is 2. The fourth-order valence-corrected chi connectivity index (χ4v) is 4.66. The highest BCUT2D eigenvalue weighted by Crippen LogP contribution is 2.46. The SMILES string of the molecule is CC[C@@]1(C)C(=O)Nc2nccc(-c3nn([C@@H]4CCNC[C@@H]4F)c4ccc(F)cc34)c21. The van der Waals surface area contributed by atoms with Gasteiger partial charge in [-0.3, -0.25) is 9.48 Å². The van der Waals surface area contributed by atoms with Crippen LogP contribution in [-0.2, 0) is 10.2 Å². The van der Waals surface area contributed by atoms with Crippen molar-refractivity contribution >= 4 is 22.6 Å². The van der Waals surface area contributed by atoms with Crippen molar-refractivity contribution in [1.82, 2.24) is 20.1 Å². The number of carbonyl (C=O) groups excluding carboxylic acids is 1. The van der Waals surface area contributed by atoms with Crippen LogP contribution in [0.5, 0.6) is 0 Å². The van der Waals surface area contributed by atoms with Gasteiger partial charge in [0.05, 0.1) is 17.0 Å². The molecule has 1 amide bonds. The van der Waals surface area contributed by atoms with E-state index in [4.69, 9.17) is 5.10 Å². The van der Waals surface area contributed by atoms with Crippen molar-refractivity contribution in [2.24, 2.45) is 0 Å². The first-order valence-corrected chi connectivity index (χ1v) is 10.3. The maximum atomic E-state index is 14.7. The van der Waals surface area contributed by atoms with Crippen molar-refractivity contribution in [2.45, 2.75) is 44.3 Å². The number of anilines is 1. The number of nitrogens with zero attached hydrogens (tertiary/aromatic N) is 3. The molecule has 2 aliphatic heterocycles. The average Bonchev–Trinajstić information content (AvgIpc) is 3.23. The van der Waals surface area contributed by atoms with Crippen molar-refractivity contribution in [1.29, 1.82) is 0 Å². The number of halogens is 2. The minimum Gasteiger partial charge on any atom is -0.314 e. The van der Waals surface area contributed by atoms with Crippen LogP contribution >= 0.6 is 0 Å². The minimum absolute atomic E-state index is 0.114. The van der Waals surface area contributed by atoms with Gasteiger partial charge in [-0.2, -0.15) is 5.10 Å². The summed E-state index contributed by atoms with van der Waals surface area (Å²) in [5.74, 6) is 0.00630. The lowest BCUT2D eigenvalue weighted by Crippen LogP contribution is -2.39. The predicted molar refractivity (Wildman–Crippen MR) is 111 cm³/mol. The summed E-state index contributed by atoms with van der Waals surface area (Å²) in [6, 6.07) is 5.83. The topological polar surface area (TPSA) is 71.8 Å². The Bertz CT molecular complexity index is 1160. The second kappa shape index (κ2) is 6.84. The first kappa shape index (κ1) is 19.1. The summed E-state index contributed by atoms with van der Waals surface area (Å²) in [5.41, 5.74) is 1.95. The Hall–Kier alpha value is -2.87. The first-order valence-electron chi connectivity index (χ1n) is 10.3. The number of rotatable bonds is 3. The third-order valence-electron chi connectivity index (χ3n) is 6.55. The molecule has 2 aliphatic rings. The van der Waals surface area contributed by atoms with Gasteiger partial charge in [-0.15, -0.1) is 0 Å². The van der Waals surface area contributed by atoms with Crippen molar-refractivity contribution < 1.29 is 13.6 Å². The molecule has 8 heteroatoms. The molecule has 3 atom stereocenters. The zero-order chi connectivity index (χ0) is 21.0. The van der Waals surface area contributed by atoms with Crippen molar-refractivity contribution in [3.8, 4) is 11.3 Å². The van der Waals surface area contributed by atoms with Crippen LogP contribution in [0.2, 0.25) is 0 Å². The summed E-state index contributed by atoms with van der Waals surface area (Å²) in [6.07, 6.45) is 1.70. The molecule has 1 saturated heterocycles. The van der Waals surface area contributed by atoms with E-state index >= 15 is 0 Å². The van der Waals surface area contributed by atoms with Crippen molar-refractivity contribution in [3.63, 3.8) is 0 Å². The summed E-state index contributed by atoms with van der Waals surface area (Å²) >= 11 is 0. The van der Waals surface area contributed by atoms with Gasteiger partial charge in [0.25, 0.3) is 0 Å². The van der Waals surface area contributed by atoms with E-state index in [1.165, 1.54) is 12.1 Å². The lowest BCUT2D eigenvalue weighted by Gasteiger charge is -2.27. The normalized spacial score (nSPS) is 26.1. The van der Waals surface area contributed by atoms with Crippen molar-refractivity contribution in [3.05, 3.63) is 41.8 Å². The Kier molecular flexibility index (Phi) is 4.36. The van der Waals surface area contributed by atoms with Crippen LogP contribution in [0.1, 0.15) is 38.3 Å². The van der Waals surface area contributed by atoms with Gasteiger partial charge >= 0.3 is 0 Å². The number of benzene rings is 1. The number of piperidine rings is 1. The van der Waals surface area contributed by atoms with E-state index in [1.807, 2.05) is 13.8 Å². The third kappa shape index (κ3) is 2.66. The Morgan fingerprint density at radius 3 is 2.93 bits per heavy atom. The molecule has 4 heterocycles. The number of aromatic nitrogens is 3. The van der Waals surface area contributed by atoms with Gasteiger partial charge in [-0.25, -0.2) is 13.8 Å². The summed E-state index contributed by atoms with van der Waals surface area (Å²) in [7, 11) is 0. The number of hydrogen-bond acceptors (Lipinski definition) is 4. The lowest BCUT2D eigenvalue weighted by molar-refractivity contribution is -0.120. The van der Waals surface area contributed by atoms with Crippen LogP contribution in [-0.4, -0.2) is 39.9 Å². The molecule has 2 N–H and O–H groups in total. The Labute approximate surface area is 172 Å². The number of nitrogens with one attached hydrogen (secondary N) is 2. The molecule has 0 radical (unpaired) electrons.